The Morgan fingerprint density at radius 2 is 1.97 bits per heavy atom. The molecule has 1 N–H and O–H groups in total. The molecule has 0 amide bonds. The molecule has 5 fully saturated rings. The molecule has 7 aliphatic rings. The Morgan fingerprint density at radius 1 is 1.21 bits per heavy atom. The van der Waals surface area contributed by atoms with Crippen LogP contribution in [0.25, 0.3) is 0 Å². The molecule has 188 valence electrons. The SMILES string of the molecule is C=C1C(=O)[C@]23[C@H](OC)[C@H]1CC[C@H]2[C@@]12CO[C@@]3(OC)[C@@H](O)[C@@H]1C(C)(C)CC1=C2O[C@@H](OCC)CC1. The van der Waals surface area contributed by atoms with Gasteiger partial charge in [-0.2, -0.15) is 0 Å². The van der Waals surface area contributed by atoms with Crippen LogP contribution in [-0.2, 0) is 28.5 Å². The number of ether oxygens (including phenoxy) is 5. The number of aliphatic hydroxyl groups is 1. The number of carbonyl (C=O) groups is 1. The predicted molar refractivity (Wildman–Crippen MR) is 122 cm³/mol. The summed E-state index contributed by atoms with van der Waals surface area (Å²) in [5.41, 5.74) is -0.210. The Hall–Kier alpha value is -1.25. The van der Waals surface area contributed by atoms with Gasteiger partial charge in [0.15, 0.2) is 12.1 Å². The summed E-state index contributed by atoms with van der Waals surface area (Å²) < 4.78 is 31.4. The van der Waals surface area contributed by atoms with E-state index < -0.39 is 28.8 Å². The van der Waals surface area contributed by atoms with Gasteiger partial charge in [-0.15, -0.1) is 0 Å². The van der Waals surface area contributed by atoms with Crippen LogP contribution in [-0.4, -0.2) is 62.6 Å². The van der Waals surface area contributed by atoms with Gasteiger partial charge in [0.25, 0.3) is 0 Å². The van der Waals surface area contributed by atoms with Gasteiger partial charge in [0.1, 0.15) is 17.3 Å². The van der Waals surface area contributed by atoms with Crippen LogP contribution in [0.2, 0.25) is 0 Å². The minimum absolute atomic E-state index is 0.0760. The number of fused-ring (bicyclic) bond motifs is 2. The van der Waals surface area contributed by atoms with Gasteiger partial charge < -0.3 is 28.8 Å². The van der Waals surface area contributed by atoms with Crippen molar-refractivity contribution in [2.24, 2.45) is 34.0 Å². The number of allylic oxidation sites excluding steroid dienone is 1. The van der Waals surface area contributed by atoms with Crippen molar-refractivity contribution in [1.29, 1.82) is 0 Å². The number of rotatable bonds is 4. The van der Waals surface area contributed by atoms with Crippen molar-refractivity contribution in [1.82, 2.24) is 0 Å². The normalized spacial score (nSPS) is 50.5. The number of Topliss-reactive ketones (excluding diaryl/α,β-unsaturated/α-hetero) is 1. The summed E-state index contributed by atoms with van der Waals surface area (Å²) in [6.45, 7) is 11.5. The number of hydrogen-bond acceptors (Lipinski definition) is 7. The van der Waals surface area contributed by atoms with E-state index in [-0.39, 0.29) is 35.2 Å². The topological polar surface area (TPSA) is 83.5 Å². The first-order valence-electron chi connectivity index (χ1n) is 12.8. The molecule has 3 heterocycles. The molecular weight excluding hydrogens is 436 g/mol. The molecule has 2 saturated heterocycles. The second kappa shape index (κ2) is 7.16. The summed E-state index contributed by atoms with van der Waals surface area (Å²) in [4.78, 5) is 14.2. The molecule has 3 aliphatic heterocycles. The zero-order valence-corrected chi connectivity index (χ0v) is 21.0. The minimum atomic E-state index is -1.48. The first-order chi connectivity index (χ1) is 16.2. The van der Waals surface area contributed by atoms with Crippen molar-refractivity contribution in [3.05, 3.63) is 23.5 Å². The maximum Gasteiger partial charge on any atom is 0.210 e. The number of ketones is 1. The van der Waals surface area contributed by atoms with Gasteiger partial charge in [0.2, 0.25) is 5.79 Å². The van der Waals surface area contributed by atoms with Gasteiger partial charge in [-0.1, -0.05) is 20.4 Å². The van der Waals surface area contributed by atoms with Crippen molar-refractivity contribution in [3.8, 4) is 0 Å². The van der Waals surface area contributed by atoms with Crippen molar-refractivity contribution in [2.75, 3.05) is 27.4 Å². The van der Waals surface area contributed by atoms with E-state index in [1.807, 2.05) is 6.92 Å². The third-order valence-corrected chi connectivity index (χ3v) is 10.3. The van der Waals surface area contributed by atoms with E-state index in [4.69, 9.17) is 23.7 Å². The average molecular weight is 475 g/mol. The van der Waals surface area contributed by atoms with E-state index in [1.165, 1.54) is 5.57 Å². The second-order valence-electron chi connectivity index (χ2n) is 11.9. The Balaban J connectivity index is 1.63. The fourth-order valence-electron chi connectivity index (χ4n) is 9.61. The molecule has 0 aromatic rings. The van der Waals surface area contributed by atoms with Crippen molar-refractivity contribution < 1.29 is 33.6 Å². The number of hydrogen-bond donors (Lipinski definition) is 1. The van der Waals surface area contributed by atoms with Gasteiger partial charge in [0.05, 0.1) is 18.1 Å². The fraction of sp³-hybridized carbons (Fsp3) is 0.815. The molecule has 0 radical (unpaired) electrons. The largest absolute Gasteiger partial charge is 0.469 e. The van der Waals surface area contributed by atoms with E-state index in [0.717, 1.165) is 37.9 Å². The summed E-state index contributed by atoms with van der Waals surface area (Å²) >= 11 is 0. The Labute approximate surface area is 201 Å². The quantitative estimate of drug-likeness (QED) is 0.626. The lowest BCUT2D eigenvalue weighted by Gasteiger charge is -2.74. The lowest BCUT2D eigenvalue weighted by atomic mass is 9.36. The predicted octanol–water partition coefficient (Wildman–Crippen LogP) is 3.36. The molecule has 0 aromatic heterocycles. The van der Waals surface area contributed by atoms with Crippen LogP contribution in [0.1, 0.15) is 52.9 Å². The maximum atomic E-state index is 14.2. The van der Waals surface area contributed by atoms with Gasteiger partial charge in [0, 0.05) is 39.1 Å². The zero-order chi connectivity index (χ0) is 24.3. The van der Waals surface area contributed by atoms with Crippen LogP contribution in [0.3, 0.4) is 0 Å². The van der Waals surface area contributed by atoms with E-state index in [0.29, 0.717) is 18.8 Å². The van der Waals surface area contributed by atoms with Crippen molar-refractivity contribution in [2.45, 2.75) is 77.2 Å². The van der Waals surface area contributed by atoms with E-state index >= 15 is 0 Å². The number of methoxy groups -OCH3 is 2. The van der Waals surface area contributed by atoms with E-state index in [1.54, 1.807) is 14.2 Å². The van der Waals surface area contributed by atoms with Gasteiger partial charge in [-0.25, -0.2) is 0 Å². The Morgan fingerprint density at radius 3 is 2.65 bits per heavy atom. The van der Waals surface area contributed by atoms with Crippen LogP contribution < -0.4 is 0 Å². The van der Waals surface area contributed by atoms with E-state index in [2.05, 4.69) is 20.4 Å². The van der Waals surface area contributed by atoms with Gasteiger partial charge in [-0.05, 0) is 55.1 Å². The molecular formula is C27H38O7. The molecule has 0 aromatic carbocycles. The first kappa shape index (κ1) is 23.2. The van der Waals surface area contributed by atoms with Crippen LogP contribution in [0.4, 0.5) is 0 Å². The third-order valence-electron chi connectivity index (χ3n) is 10.3. The minimum Gasteiger partial charge on any atom is -0.469 e. The summed E-state index contributed by atoms with van der Waals surface area (Å²) in [7, 11) is 3.21. The monoisotopic (exact) mass is 474 g/mol. The smallest absolute Gasteiger partial charge is 0.210 e. The molecule has 34 heavy (non-hydrogen) atoms. The Kier molecular flexibility index (Phi) is 4.88. The molecule has 0 unspecified atom stereocenters. The third kappa shape index (κ3) is 2.26. The van der Waals surface area contributed by atoms with Crippen LogP contribution in [0.15, 0.2) is 23.5 Å². The molecule has 7 rings (SSSR count). The molecule has 9 atom stereocenters. The molecule has 4 bridgehead atoms. The van der Waals surface area contributed by atoms with Crippen LogP contribution in [0.5, 0.6) is 0 Å². The number of aliphatic hydroxyl groups excluding tert-OH is 1. The fourth-order valence-corrected chi connectivity index (χ4v) is 9.61. The summed E-state index contributed by atoms with van der Waals surface area (Å²) in [6.07, 6.45) is 2.35. The number of carbonyl (C=O) groups excluding carboxylic acids is 1. The highest BCUT2D eigenvalue weighted by molar-refractivity contribution is 6.05. The highest BCUT2D eigenvalue weighted by atomic mass is 16.7. The lowest BCUT2D eigenvalue weighted by molar-refractivity contribution is -0.450. The zero-order valence-electron chi connectivity index (χ0n) is 21.0. The maximum absolute atomic E-state index is 14.2. The standard InChI is InChI=1S/C27H38O7/c1-7-32-18-11-8-15-12-24(3,4)19-21(29)27(31-6)26-17(25(19,13-33-27)22(15)34-18)10-9-16(23(26)30-5)14(2)20(26)28/h16-19,21,23,29H,2,7-13H2,1,3-6H3/t16-,17-,18+,19+,21-,23+,25-,26-,27-/m0/s1. The molecule has 3 saturated carbocycles. The van der Waals surface area contributed by atoms with Gasteiger partial charge in [-0.3, -0.25) is 4.79 Å². The van der Waals surface area contributed by atoms with Crippen molar-refractivity contribution in [3.63, 3.8) is 0 Å². The second-order valence-corrected chi connectivity index (χ2v) is 11.9. The molecule has 4 aliphatic carbocycles. The van der Waals surface area contributed by atoms with Crippen molar-refractivity contribution >= 4 is 5.78 Å². The van der Waals surface area contributed by atoms with Crippen LogP contribution in [0, 0.1) is 34.0 Å². The lowest BCUT2D eigenvalue weighted by Crippen LogP contribution is -2.84. The molecule has 2 spiro atoms. The summed E-state index contributed by atoms with van der Waals surface area (Å²) in [5, 5.41) is 12.2. The molecule has 7 heteroatoms. The highest BCUT2D eigenvalue weighted by Gasteiger charge is 2.88. The first-order valence-corrected chi connectivity index (χ1v) is 12.8. The van der Waals surface area contributed by atoms with E-state index in [9.17, 15) is 9.90 Å². The molecule has 7 nitrogen and oxygen atoms in total. The summed E-state index contributed by atoms with van der Waals surface area (Å²) in [5.74, 6) is -1.11. The van der Waals surface area contributed by atoms with Gasteiger partial charge >= 0.3 is 0 Å². The van der Waals surface area contributed by atoms with Crippen LogP contribution >= 0.6 is 0 Å². The summed E-state index contributed by atoms with van der Waals surface area (Å²) in [6, 6.07) is 0. The highest BCUT2D eigenvalue weighted by Crippen LogP contribution is 2.78. The Bertz CT molecular complexity index is 970. The average Bonchev–Trinajstić information content (AvgIpc) is 2.94.